The highest BCUT2D eigenvalue weighted by atomic mass is 32.2. The summed E-state index contributed by atoms with van der Waals surface area (Å²) in [6.07, 6.45) is 6.03. The number of likely N-dealkylation sites (tertiary alicyclic amines) is 1. The Balaban J connectivity index is 1.01. The molecule has 0 saturated carbocycles. The number of amides is 9. The summed E-state index contributed by atoms with van der Waals surface area (Å²) in [5.41, 5.74) is 31.0. The number of nitrogens with two attached hydrogens (primary N) is 4. The fourth-order valence-electron chi connectivity index (χ4n) is 13.1. The van der Waals surface area contributed by atoms with Gasteiger partial charge in [0.15, 0.2) is 11.9 Å². The maximum absolute atomic E-state index is 14.6. The fourth-order valence-corrected chi connectivity index (χ4v) is 14.0. The lowest BCUT2D eigenvalue weighted by atomic mass is 9.85. The van der Waals surface area contributed by atoms with E-state index in [1.54, 1.807) is 25.5 Å². The topological polar surface area (TPSA) is 557 Å². The molecule has 8 bridgehead atoms. The first-order valence-electron chi connectivity index (χ1n) is 34.9. The van der Waals surface area contributed by atoms with Gasteiger partial charge < -0.3 is 95.3 Å². The Kier molecular flexibility index (Phi) is 30.4. The molecule has 7 heterocycles. The van der Waals surface area contributed by atoms with E-state index >= 15 is 0 Å². The first-order chi connectivity index (χ1) is 50.9. The van der Waals surface area contributed by atoms with Gasteiger partial charge in [-0.2, -0.15) is 23.5 Å². The smallest absolute Gasteiger partial charge is 0.349 e. The molecule has 20 N–H and O–H groups in total. The van der Waals surface area contributed by atoms with Gasteiger partial charge in [0.05, 0.1) is 59.9 Å². The van der Waals surface area contributed by atoms with Crippen LogP contribution >= 0.6 is 23.5 Å². The number of thioether (sulfide) groups is 2. The van der Waals surface area contributed by atoms with E-state index in [1.165, 1.54) is 28.4 Å². The van der Waals surface area contributed by atoms with Crippen molar-refractivity contribution >= 4 is 146 Å². The average molecular weight is 1520 g/mol. The summed E-state index contributed by atoms with van der Waals surface area (Å²) in [7, 11) is 0. The summed E-state index contributed by atoms with van der Waals surface area (Å²) in [6, 6.07) is -2.31. The van der Waals surface area contributed by atoms with Gasteiger partial charge in [-0.25, -0.2) is 24.4 Å². The monoisotopic (exact) mass is 1520 g/mol. The molecule has 35 nitrogen and oxygen atoms in total. The van der Waals surface area contributed by atoms with Crippen molar-refractivity contribution in [2.75, 3.05) is 63.3 Å². The molecule has 37 heteroatoms. The number of carboxylic acid groups (broad SMARTS) is 2. The van der Waals surface area contributed by atoms with Gasteiger partial charge in [-0.1, -0.05) is 26.5 Å². The Morgan fingerprint density at radius 2 is 1.21 bits per heavy atom. The minimum absolute atomic E-state index is 0.00786. The molecule has 0 spiro atoms. The van der Waals surface area contributed by atoms with Crippen LogP contribution in [0.5, 0.6) is 0 Å². The summed E-state index contributed by atoms with van der Waals surface area (Å²) in [6.45, 7) is 11.8. The van der Waals surface area contributed by atoms with Crippen molar-refractivity contribution in [3.8, 4) is 0 Å². The third-order valence-electron chi connectivity index (χ3n) is 18.7. The molecule has 0 unspecified atom stereocenters. The van der Waals surface area contributed by atoms with E-state index in [4.69, 9.17) is 42.7 Å². The highest BCUT2D eigenvalue weighted by Crippen LogP contribution is 2.45. The Hall–Kier alpha value is -10.8. The van der Waals surface area contributed by atoms with Crippen LogP contribution in [-0.4, -0.2) is 224 Å². The van der Waals surface area contributed by atoms with Crippen molar-refractivity contribution in [1.29, 1.82) is 0 Å². The number of carboxylic acids is 2. The third-order valence-corrected chi connectivity index (χ3v) is 20.0. The number of guanidine groups is 2. The molecular weight excluding hydrogens is 1430 g/mol. The number of hydrogen-bond donors (Lipinski definition) is 16. The van der Waals surface area contributed by atoms with Crippen molar-refractivity contribution < 1.29 is 77.3 Å². The Morgan fingerprint density at radius 1 is 0.682 bits per heavy atom. The lowest BCUT2D eigenvalue weighted by molar-refractivity contribution is -0.147. The highest BCUT2D eigenvalue weighted by Gasteiger charge is 2.41. The van der Waals surface area contributed by atoms with Gasteiger partial charge >= 0.3 is 23.9 Å². The van der Waals surface area contributed by atoms with Crippen LogP contribution in [0.3, 0.4) is 0 Å². The number of hydrogen-bond acceptors (Lipinski definition) is 20. The molecule has 7 rings (SSSR count). The number of aliphatic imine (C=N–C) groups is 2. The largest absolute Gasteiger partial charge is 0.481 e. The number of esters is 2. The standard InChI is InChI=1S/C70H95N19O16S2/c1-9-37-33(3)44-26-46-35(5)39(59(85-46)58-60-57(67(103)105-68(58)104)36(6)47(86-60)28-49-38(10-2)34(4)45(81-49)27-48(37)80-44)17-18-55(93)89-23-13-16-51(89)65(100)88-42(19-24-106-7)63(98)79-31-53(91)83-43(20-25-107-8)64(99)87-41(15-12-22-76-70(73)74)62(97)78-30-52(90)82-40(14-11-21-75-69(71)72)61(96)77-32-54(92)84-50(66(101)102)29-56(94)95/h9,26-28,35,39-43,50-51,85-86H,1,10-25,29-32H2,2-8H3,(H,77,96)(H,78,97)(H,79,98)(H,82,90)(H,83,91)(H,84,92)(H,87,99)(H,88,100)(H,94,95)(H,101,102)(H4,71,72,75)(H4,73,74,76)/t35-,39-,40-,41-,42-,43-,50-,51-/m0/s1. The van der Waals surface area contributed by atoms with Crippen LogP contribution in [0.2, 0.25) is 0 Å². The molecule has 9 amide bonds. The molecule has 5 aliphatic rings. The van der Waals surface area contributed by atoms with Crippen LogP contribution < -0.4 is 65.5 Å². The van der Waals surface area contributed by atoms with E-state index in [2.05, 4.69) is 63.7 Å². The number of carbonyl (C=O) groups excluding carboxylic acids is 11. The highest BCUT2D eigenvalue weighted by molar-refractivity contribution is 7.98. The molecule has 0 aromatic carbocycles. The van der Waals surface area contributed by atoms with E-state index < -0.39 is 139 Å². The number of rotatable bonds is 38. The normalized spacial score (nSPS) is 16.8. The van der Waals surface area contributed by atoms with E-state index in [9.17, 15) is 67.4 Å². The number of aliphatic carboxylic acids is 2. The second kappa shape index (κ2) is 39.0. The minimum atomic E-state index is -1.81. The third kappa shape index (κ3) is 22.1. The van der Waals surface area contributed by atoms with Crippen LogP contribution in [0, 0.1) is 6.92 Å². The number of aryl methyl sites for hydroxylation is 1. The number of aromatic amines is 2. The number of cyclic esters (lactones) is 2. The minimum Gasteiger partial charge on any atom is -0.481 e. The van der Waals surface area contributed by atoms with Crippen LogP contribution in [0.25, 0.3) is 33.3 Å². The predicted molar refractivity (Wildman–Crippen MR) is 402 cm³/mol. The molecular formula is C70H95N19O16S2. The van der Waals surface area contributed by atoms with Crippen molar-refractivity contribution in [2.24, 2.45) is 32.9 Å². The Morgan fingerprint density at radius 3 is 1.74 bits per heavy atom. The number of nitrogens with zero attached hydrogens (tertiary/aromatic N) is 5. The zero-order valence-corrected chi connectivity index (χ0v) is 62.4. The molecule has 0 radical (unpaired) electrons. The molecule has 578 valence electrons. The summed E-state index contributed by atoms with van der Waals surface area (Å²) < 4.78 is 5.49. The molecule has 5 aliphatic heterocycles. The number of H-pyrrole nitrogens is 2. The lowest BCUT2D eigenvalue weighted by Gasteiger charge is -2.27. The number of aromatic nitrogens is 4. The van der Waals surface area contributed by atoms with Gasteiger partial charge in [-0.05, 0) is 149 Å². The Labute approximate surface area is 625 Å². The fraction of sp³-hybridized carbons (Fsp3) is 0.500. The van der Waals surface area contributed by atoms with Crippen molar-refractivity contribution in [3.63, 3.8) is 0 Å². The van der Waals surface area contributed by atoms with E-state index in [0.29, 0.717) is 63.9 Å². The zero-order valence-electron chi connectivity index (χ0n) is 60.7. The van der Waals surface area contributed by atoms with Crippen LogP contribution in [0.1, 0.15) is 177 Å². The molecule has 1 saturated heterocycles. The van der Waals surface area contributed by atoms with Crippen molar-refractivity contribution in [2.45, 2.75) is 160 Å². The quantitative estimate of drug-likeness (QED) is 0.0145. The second-order valence-electron chi connectivity index (χ2n) is 26.1. The van der Waals surface area contributed by atoms with Crippen LogP contribution in [0.4, 0.5) is 0 Å². The van der Waals surface area contributed by atoms with Gasteiger partial charge in [0.1, 0.15) is 41.8 Å². The lowest BCUT2D eigenvalue weighted by Crippen LogP contribution is -2.57. The number of fused-ring (bicyclic) bond motifs is 8. The van der Waals surface area contributed by atoms with Crippen molar-refractivity contribution in [1.82, 2.24) is 67.4 Å². The van der Waals surface area contributed by atoms with Gasteiger partial charge in [0.25, 0.3) is 0 Å². The van der Waals surface area contributed by atoms with Crippen LogP contribution in [-0.2, 0) is 57.5 Å². The maximum Gasteiger partial charge on any atom is 0.349 e. The number of ether oxygens (including phenoxy) is 1. The Bertz CT molecular complexity index is 4180. The summed E-state index contributed by atoms with van der Waals surface area (Å²) in [5.74, 6) is -12.6. The average Bonchev–Trinajstić information content (AvgIpc) is 1.59. The molecule has 2 aromatic heterocycles. The first kappa shape index (κ1) is 83.4. The van der Waals surface area contributed by atoms with Crippen LogP contribution in [0.15, 0.2) is 40.8 Å². The summed E-state index contributed by atoms with van der Waals surface area (Å²) in [5, 5.41) is 38.0. The van der Waals surface area contributed by atoms with Gasteiger partial charge in [-0.3, -0.25) is 57.9 Å². The van der Waals surface area contributed by atoms with E-state index in [-0.39, 0.29) is 118 Å². The molecule has 2 aromatic rings. The van der Waals surface area contributed by atoms with E-state index in [1.807, 2.05) is 51.2 Å². The molecule has 8 atom stereocenters. The summed E-state index contributed by atoms with van der Waals surface area (Å²) in [4.78, 5) is 201. The van der Waals surface area contributed by atoms with Gasteiger partial charge in [0.2, 0.25) is 53.2 Å². The molecule has 107 heavy (non-hydrogen) atoms. The zero-order chi connectivity index (χ0) is 78.5. The predicted octanol–water partition coefficient (Wildman–Crippen LogP) is 0.717. The van der Waals surface area contributed by atoms with Crippen molar-refractivity contribution in [3.05, 3.63) is 81.7 Å². The molecule has 0 aliphatic carbocycles. The van der Waals surface area contributed by atoms with Gasteiger partial charge in [0, 0.05) is 60.4 Å². The summed E-state index contributed by atoms with van der Waals surface area (Å²) >= 11 is 2.74. The maximum atomic E-state index is 14.6. The van der Waals surface area contributed by atoms with E-state index in [0.717, 1.165) is 28.0 Å². The SMILES string of the molecule is C=CC1=C(C)c2cc3[nH]c(c4c5[nH]c(cc6nc(cc1n2)C(C)=C6CC)c(C)c5C(=O)OC4=O)[C@@H](CCC(=O)N1CCC[C@H]1C(=O)N[C@@H](CCSC)C(=O)NCC(=O)N[C@@H](CCSC)C(=O)N[C@@H](CCCN=C(N)N)C(=O)NCC(=O)N[C@@H](CCCN=C(N)N)C(=O)NCC(=O)N[C@@H](CC(=O)O)C(=O)O)[C@@H]3C. The van der Waals surface area contributed by atoms with Gasteiger partial charge in [-0.15, -0.1) is 0 Å². The first-order valence-corrected chi connectivity index (χ1v) is 37.7. The number of nitrogens with one attached hydrogen (secondary N) is 10. The second-order valence-corrected chi connectivity index (χ2v) is 28.0. The number of carbonyl (C=O) groups is 13. The number of allylic oxidation sites excluding steroid dienone is 5. The molecule has 1 fully saturated rings.